The molecule has 0 unspecified atom stereocenters. The van der Waals surface area contributed by atoms with Crippen LogP contribution in [-0.2, 0) is 94.7 Å². The molecule has 4 rings (SSSR count). The highest BCUT2D eigenvalue weighted by molar-refractivity contribution is 7.81. The van der Waals surface area contributed by atoms with Crippen LogP contribution < -0.4 is 0 Å². The van der Waals surface area contributed by atoms with Gasteiger partial charge in [-0.05, 0) is 72.5 Å². The molecule has 29 nitrogen and oxygen atoms in total. The van der Waals surface area contributed by atoms with Crippen molar-refractivity contribution in [2.45, 2.75) is 224 Å². The lowest BCUT2D eigenvalue weighted by Gasteiger charge is -2.36. The predicted octanol–water partition coefficient (Wildman–Crippen LogP) is 1.97. The van der Waals surface area contributed by atoms with Gasteiger partial charge in [0.1, 0.15) is 79.4 Å². The SMILES string of the molecule is CC(C)C.CC(C)C.CC(C)S.CC1(C)OCC(OCC(COC2COC(C)(C)OC2)OCC(O)COC(COC2COC(C)(C)OC2)COC2COC(C)(C)OC2)CO1.OCC(CO)OCC(COC(CO)CO)OCC(S)COC(COC(CO)CO)COC(CO)CO. The summed E-state index contributed by atoms with van der Waals surface area (Å²) in [6.45, 7) is 32.8. The van der Waals surface area contributed by atoms with E-state index in [0.717, 1.165) is 11.8 Å². The van der Waals surface area contributed by atoms with Crippen LogP contribution in [0.5, 0.6) is 0 Å². The number of hydrogen-bond donors (Lipinski definition) is 11. The van der Waals surface area contributed by atoms with E-state index in [1.807, 2.05) is 69.2 Å². The van der Waals surface area contributed by atoms with Crippen LogP contribution in [0.15, 0.2) is 0 Å². The van der Waals surface area contributed by atoms with Crippen molar-refractivity contribution < 1.29 is 141 Å². The molecular formula is C65H132O29S2. The smallest absolute Gasteiger partial charge is 0.163 e. The summed E-state index contributed by atoms with van der Waals surface area (Å²) in [7, 11) is 0. The number of ether oxygens (including phenoxy) is 20. The summed E-state index contributed by atoms with van der Waals surface area (Å²) >= 11 is 8.39. The van der Waals surface area contributed by atoms with Gasteiger partial charge in [-0.2, -0.15) is 25.3 Å². The first kappa shape index (κ1) is 95.5. The van der Waals surface area contributed by atoms with E-state index in [-0.39, 0.29) is 104 Å². The van der Waals surface area contributed by atoms with E-state index in [4.69, 9.17) is 136 Å². The first-order chi connectivity index (χ1) is 45.2. The minimum atomic E-state index is -0.941. The van der Waals surface area contributed by atoms with Crippen molar-refractivity contribution >= 4 is 25.3 Å². The highest BCUT2D eigenvalue weighted by Crippen LogP contribution is 2.23. The molecule has 31 heteroatoms. The minimum Gasteiger partial charge on any atom is -0.394 e. The van der Waals surface area contributed by atoms with Gasteiger partial charge < -0.3 is 141 Å². The first-order valence-corrected chi connectivity index (χ1v) is 34.6. The summed E-state index contributed by atoms with van der Waals surface area (Å²) in [5, 5.41) is 84.3. The average Bonchev–Trinajstić information content (AvgIpc) is 1.28. The normalized spacial score (nSPS) is 18.8. The van der Waals surface area contributed by atoms with Crippen molar-refractivity contribution in [2.24, 2.45) is 11.8 Å². The molecule has 4 aliphatic rings. The topological polar surface area (TPSA) is 367 Å². The highest BCUT2D eigenvalue weighted by atomic mass is 32.1. The predicted molar refractivity (Wildman–Crippen MR) is 361 cm³/mol. The van der Waals surface area contributed by atoms with E-state index < -0.39 is 136 Å². The molecule has 9 N–H and O–H groups in total. The molecule has 0 saturated carbocycles. The Morgan fingerprint density at radius 2 is 0.448 bits per heavy atom. The molecule has 578 valence electrons. The molecule has 0 aromatic heterocycles. The average molecular weight is 1440 g/mol. The van der Waals surface area contributed by atoms with Gasteiger partial charge in [0.25, 0.3) is 0 Å². The molecule has 96 heavy (non-hydrogen) atoms. The summed E-state index contributed by atoms with van der Waals surface area (Å²) in [5.74, 6) is -0.907. The van der Waals surface area contributed by atoms with Crippen LogP contribution in [0.1, 0.15) is 111 Å². The van der Waals surface area contributed by atoms with E-state index in [9.17, 15) is 5.11 Å². The lowest BCUT2D eigenvalue weighted by Crippen LogP contribution is -2.46. The van der Waals surface area contributed by atoms with Crippen molar-refractivity contribution in [3.63, 3.8) is 0 Å². The van der Waals surface area contributed by atoms with Gasteiger partial charge in [-0.3, -0.25) is 0 Å². The lowest BCUT2D eigenvalue weighted by molar-refractivity contribution is -0.287. The summed E-state index contributed by atoms with van der Waals surface area (Å²) in [4.78, 5) is 0. The second kappa shape index (κ2) is 55.1. The lowest BCUT2D eigenvalue weighted by atomic mass is 10.3. The van der Waals surface area contributed by atoms with Gasteiger partial charge in [0.15, 0.2) is 23.1 Å². The first-order valence-electron chi connectivity index (χ1n) is 33.6. The summed E-state index contributed by atoms with van der Waals surface area (Å²) in [6, 6.07) is 0. The van der Waals surface area contributed by atoms with E-state index in [1.54, 1.807) is 0 Å². The number of rotatable bonds is 44. The maximum atomic E-state index is 10.9. The molecule has 0 spiro atoms. The molecule has 0 aliphatic carbocycles. The Morgan fingerprint density at radius 1 is 0.292 bits per heavy atom. The third-order valence-electron chi connectivity index (χ3n) is 12.8. The zero-order chi connectivity index (χ0) is 72.8. The van der Waals surface area contributed by atoms with Crippen molar-refractivity contribution in [2.75, 3.05) is 185 Å². The van der Waals surface area contributed by atoms with Crippen LogP contribution in [-0.4, -0.2) is 344 Å². The van der Waals surface area contributed by atoms with Crippen LogP contribution >= 0.6 is 25.3 Å². The van der Waals surface area contributed by atoms with Crippen LogP contribution in [0.4, 0.5) is 0 Å². The van der Waals surface area contributed by atoms with Crippen LogP contribution in [0.3, 0.4) is 0 Å². The molecule has 4 aliphatic heterocycles. The Bertz CT molecular complexity index is 1500. The maximum absolute atomic E-state index is 10.9. The van der Waals surface area contributed by atoms with Gasteiger partial charge in [-0.15, -0.1) is 0 Å². The fourth-order valence-electron chi connectivity index (χ4n) is 7.36. The van der Waals surface area contributed by atoms with Gasteiger partial charge in [-0.25, -0.2) is 0 Å². The third kappa shape index (κ3) is 52.5. The molecule has 4 saturated heterocycles. The molecule has 0 bridgehead atoms. The summed E-state index contributed by atoms with van der Waals surface area (Å²) < 4.78 is 115. The van der Waals surface area contributed by atoms with Crippen LogP contribution in [0.25, 0.3) is 0 Å². The molecular weight excluding hydrogens is 1310 g/mol. The Hall–Kier alpha value is -0.460. The van der Waals surface area contributed by atoms with Crippen molar-refractivity contribution in [1.29, 1.82) is 0 Å². The molecule has 0 atom stereocenters. The highest BCUT2D eigenvalue weighted by Gasteiger charge is 2.34. The zero-order valence-electron chi connectivity index (χ0n) is 60.7. The molecule has 4 heterocycles. The molecule has 0 aromatic rings. The molecule has 0 radical (unpaired) electrons. The van der Waals surface area contributed by atoms with Crippen molar-refractivity contribution in [1.82, 2.24) is 0 Å². The Morgan fingerprint density at radius 3 is 0.625 bits per heavy atom. The second-order valence-electron chi connectivity index (χ2n) is 26.9. The number of aliphatic hydroxyl groups excluding tert-OH is 9. The zero-order valence-corrected chi connectivity index (χ0v) is 62.5. The maximum Gasteiger partial charge on any atom is 0.163 e. The minimum absolute atomic E-state index is 0.0139. The number of thiol groups is 2. The Kier molecular flexibility index (Phi) is 54.8. The van der Waals surface area contributed by atoms with Crippen molar-refractivity contribution in [3.8, 4) is 0 Å². The standard InChI is InChI=1S/C33H60O15.C21H44O14S.2C4H10.C3H8S/c1-30(2)41-15-26(16-42-30)37-11-24(12-38-27-17-43-31(3,4)44-18-27)35-9-23(34)10-36-25(13-39-28-19-45-32(5,6)46-20-28)14-40-29-21-47-33(7,8)48-22-29;22-1-15(2-23)30-9-19(10-31-16(3-24)4-25)34-13-21(36)14-35-20(11-32-17(5-26)6-27)12-33-18(7-28)8-29;2*1-4(2)3;1-3(2)4/h23-29,34H,9-22H2,1-8H3;15-29,36H,1-14H2;2*4H,1-3H3;3-4H,1-2H3. The third-order valence-corrected chi connectivity index (χ3v) is 13.1. The van der Waals surface area contributed by atoms with Crippen LogP contribution in [0, 0.1) is 11.8 Å². The van der Waals surface area contributed by atoms with Crippen LogP contribution in [0.2, 0.25) is 0 Å². The van der Waals surface area contributed by atoms with Gasteiger partial charge in [-0.1, -0.05) is 55.4 Å². The largest absolute Gasteiger partial charge is 0.394 e. The molecule has 0 amide bonds. The second-order valence-corrected chi connectivity index (χ2v) is 28.6. The van der Waals surface area contributed by atoms with E-state index in [2.05, 4.69) is 66.8 Å². The summed E-state index contributed by atoms with van der Waals surface area (Å²) in [6.07, 6.45) is -7.49. The number of aliphatic hydroxyl groups is 9. The van der Waals surface area contributed by atoms with Gasteiger partial charge >= 0.3 is 0 Å². The van der Waals surface area contributed by atoms with E-state index in [1.165, 1.54) is 0 Å². The summed E-state index contributed by atoms with van der Waals surface area (Å²) in [5.41, 5.74) is 0. The van der Waals surface area contributed by atoms with Gasteiger partial charge in [0.05, 0.1) is 185 Å². The molecule has 4 fully saturated rings. The fourth-order valence-corrected chi connectivity index (χ4v) is 7.53. The Labute approximate surface area is 584 Å². The van der Waals surface area contributed by atoms with E-state index in [0.29, 0.717) is 58.1 Å². The van der Waals surface area contributed by atoms with E-state index >= 15 is 0 Å². The van der Waals surface area contributed by atoms with Crippen molar-refractivity contribution in [3.05, 3.63) is 0 Å². The molecule has 0 aromatic carbocycles. The fraction of sp³-hybridized carbons (Fsp3) is 1.00. The monoisotopic (exact) mass is 1440 g/mol. The van der Waals surface area contributed by atoms with Gasteiger partial charge in [0, 0.05) is 5.25 Å². The number of hydrogen-bond acceptors (Lipinski definition) is 31. The quantitative estimate of drug-likeness (QED) is 0.0389. The van der Waals surface area contributed by atoms with Gasteiger partial charge in [0.2, 0.25) is 0 Å². The Balaban J connectivity index is 0.00000166.